The summed E-state index contributed by atoms with van der Waals surface area (Å²) in [6.45, 7) is 1.14. The van der Waals surface area contributed by atoms with Gasteiger partial charge in [0.1, 0.15) is 6.26 Å². The minimum absolute atomic E-state index is 0.264. The summed E-state index contributed by atoms with van der Waals surface area (Å²) in [5, 5.41) is 0. The summed E-state index contributed by atoms with van der Waals surface area (Å²) in [5.41, 5.74) is 0. The fourth-order valence-corrected chi connectivity index (χ4v) is 0.517. The van der Waals surface area contributed by atoms with Gasteiger partial charge < -0.3 is 14.4 Å². The molecule has 0 saturated carbocycles. The van der Waals surface area contributed by atoms with Crippen LogP contribution in [0.2, 0.25) is 0 Å². The van der Waals surface area contributed by atoms with E-state index in [9.17, 15) is 4.79 Å². The van der Waals surface area contributed by atoms with Gasteiger partial charge in [-0.3, -0.25) is 4.79 Å². The molecule has 4 heteroatoms. The normalized spacial score (nSPS) is 15.3. The van der Waals surface area contributed by atoms with Gasteiger partial charge in [-0.2, -0.15) is 0 Å². The maximum Gasteiger partial charge on any atom is 0.294 e. The Morgan fingerprint density at radius 2 is 2.78 bits per heavy atom. The van der Waals surface area contributed by atoms with Crippen molar-refractivity contribution in [2.75, 3.05) is 13.5 Å². The monoisotopic (exact) mass is 129 g/mol. The Bertz CT molecular complexity index is 123. The summed E-state index contributed by atoms with van der Waals surface area (Å²) in [4.78, 5) is 11.4. The lowest BCUT2D eigenvalue weighted by atomic mass is 10.8. The van der Waals surface area contributed by atoms with Crippen molar-refractivity contribution in [3.05, 3.63) is 12.5 Å². The standard InChI is InChI=1S/C5H7NO3/c7-5-9-4-6-1-2-8-3-6/h1-2,5H,3-4H2. The summed E-state index contributed by atoms with van der Waals surface area (Å²) in [5.74, 6) is 0. The molecule has 0 amide bonds. The van der Waals surface area contributed by atoms with Gasteiger partial charge in [-0.15, -0.1) is 0 Å². The Labute approximate surface area is 52.7 Å². The molecule has 0 aromatic rings. The topological polar surface area (TPSA) is 38.8 Å². The van der Waals surface area contributed by atoms with Gasteiger partial charge in [-0.1, -0.05) is 0 Å². The van der Waals surface area contributed by atoms with Crippen molar-refractivity contribution in [2.45, 2.75) is 0 Å². The first-order chi connectivity index (χ1) is 4.43. The first-order valence-corrected chi connectivity index (χ1v) is 2.51. The zero-order chi connectivity index (χ0) is 6.53. The molecule has 1 rings (SSSR count). The van der Waals surface area contributed by atoms with E-state index in [-0.39, 0.29) is 6.73 Å². The minimum Gasteiger partial charge on any atom is -0.479 e. The van der Waals surface area contributed by atoms with Crippen LogP contribution in [0.1, 0.15) is 0 Å². The second-order valence-corrected chi connectivity index (χ2v) is 1.56. The molecule has 0 aromatic heterocycles. The molecule has 0 spiro atoms. The summed E-state index contributed by atoms with van der Waals surface area (Å²) >= 11 is 0. The first kappa shape index (κ1) is 5.94. The summed E-state index contributed by atoms with van der Waals surface area (Å²) < 4.78 is 9.24. The lowest BCUT2D eigenvalue weighted by Crippen LogP contribution is -2.18. The van der Waals surface area contributed by atoms with Crippen LogP contribution in [0, 0.1) is 0 Å². The quantitative estimate of drug-likeness (QED) is 0.498. The third-order valence-electron chi connectivity index (χ3n) is 0.917. The zero-order valence-corrected chi connectivity index (χ0v) is 4.82. The third-order valence-corrected chi connectivity index (χ3v) is 0.917. The van der Waals surface area contributed by atoms with Gasteiger partial charge >= 0.3 is 0 Å². The van der Waals surface area contributed by atoms with Crippen LogP contribution in [0.5, 0.6) is 0 Å². The van der Waals surface area contributed by atoms with Crippen molar-refractivity contribution in [1.29, 1.82) is 0 Å². The maximum atomic E-state index is 9.65. The molecule has 4 nitrogen and oxygen atoms in total. The molecule has 50 valence electrons. The summed E-state index contributed by atoms with van der Waals surface area (Å²) in [6, 6.07) is 0. The predicted octanol–water partition coefficient (Wildman–Crippen LogP) is -0.122. The van der Waals surface area contributed by atoms with Gasteiger partial charge in [0.2, 0.25) is 0 Å². The van der Waals surface area contributed by atoms with Gasteiger partial charge in [-0.05, 0) is 0 Å². The lowest BCUT2D eigenvalue weighted by molar-refractivity contribution is -0.132. The molecule has 0 radical (unpaired) electrons. The molecule has 1 aliphatic heterocycles. The van der Waals surface area contributed by atoms with Crippen LogP contribution >= 0.6 is 0 Å². The number of carbonyl (C=O) groups is 1. The molecular weight excluding hydrogens is 122 g/mol. The molecule has 0 fully saturated rings. The van der Waals surface area contributed by atoms with Crippen LogP contribution < -0.4 is 0 Å². The average Bonchev–Trinajstić information content (AvgIpc) is 2.34. The molecular formula is C5H7NO3. The molecule has 9 heavy (non-hydrogen) atoms. The van der Waals surface area contributed by atoms with Crippen LogP contribution in [0.3, 0.4) is 0 Å². The lowest BCUT2D eigenvalue weighted by Gasteiger charge is -2.10. The Hall–Kier alpha value is -1.19. The van der Waals surface area contributed by atoms with E-state index in [2.05, 4.69) is 4.74 Å². The Morgan fingerprint density at radius 3 is 3.33 bits per heavy atom. The Morgan fingerprint density at radius 1 is 1.89 bits per heavy atom. The highest BCUT2D eigenvalue weighted by Crippen LogP contribution is 1.98. The van der Waals surface area contributed by atoms with E-state index < -0.39 is 0 Å². The van der Waals surface area contributed by atoms with E-state index in [4.69, 9.17) is 4.74 Å². The number of ether oxygens (including phenoxy) is 2. The van der Waals surface area contributed by atoms with Gasteiger partial charge in [0.25, 0.3) is 6.47 Å². The molecule has 0 unspecified atom stereocenters. The molecule has 0 bridgehead atoms. The number of hydrogen-bond donors (Lipinski definition) is 0. The van der Waals surface area contributed by atoms with E-state index in [1.807, 2.05) is 0 Å². The number of nitrogens with zero attached hydrogens (tertiary/aromatic N) is 1. The first-order valence-electron chi connectivity index (χ1n) is 2.51. The van der Waals surface area contributed by atoms with Crippen molar-refractivity contribution in [3.8, 4) is 0 Å². The van der Waals surface area contributed by atoms with Crippen LogP contribution in [-0.2, 0) is 14.3 Å². The highest BCUT2D eigenvalue weighted by molar-refractivity contribution is 5.36. The maximum absolute atomic E-state index is 9.65. The molecule has 0 N–H and O–H groups in total. The fourth-order valence-electron chi connectivity index (χ4n) is 0.517. The van der Waals surface area contributed by atoms with E-state index in [1.54, 1.807) is 17.4 Å². The molecule has 0 saturated heterocycles. The fraction of sp³-hybridized carbons (Fsp3) is 0.400. The van der Waals surface area contributed by atoms with Crippen LogP contribution in [0.25, 0.3) is 0 Å². The second-order valence-electron chi connectivity index (χ2n) is 1.56. The predicted molar refractivity (Wildman–Crippen MR) is 28.9 cm³/mol. The number of carbonyl (C=O) groups excluding carboxylic acids is 1. The SMILES string of the molecule is O=COCN1C=COC1. The minimum atomic E-state index is 0.264. The second kappa shape index (κ2) is 2.96. The largest absolute Gasteiger partial charge is 0.479 e. The molecule has 0 aliphatic carbocycles. The van der Waals surface area contributed by atoms with Crippen molar-refractivity contribution in [3.63, 3.8) is 0 Å². The highest BCUT2D eigenvalue weighted by Gasteiger charge is 2.02. The Balaban J connectivity index is 2.12. The average molecular weight is 129 g/mol. The van der Waals surface area contributed by atoms with Crippen molar-refractivity contribution in [1.82, 2.24) is 4.90 Å². The van der Waals surface area contributed by atoms with E-state index >= 15 is 0 Å². The van der Waals surface area contributed by atoms with Gasteiger partial charge in [0, 0.05) is 6.20 Å². The molecule has 0 aromatic carbocycles. The van der Waals surface area contributed by atoms with Crippen molar-refractivity contribution >= 4 is 6.47 Å². The van der Waals surface area contributed by atoms with Crippen LogP contribution in [-0.4, -0.2) is 24.8 Å². The molecule has 1 aliphatic rings. The van der Waals surface area contributed by atoms with E-state index in [1.165, 1.54) is 0 Å². The van der Waals surface area contributed by atoms with Gasteiger partial charge in [0.15, 0.2) is 13.5 Å². The number of rotatable bonds is 3. The van der Waals surface area contributed by atoms with Crippen LogP contribution in [0.15, 0.2) is 12.5 Å². The third kappa shape index (κ3) is 1.64. The Kier molecular flexibility index (Phi) is 1.95. The van der Waals surface area contributed by atoms with Gasteiger partial charge in [0.05, 0.1) is 0 Å². The van der Waals surface area contributed by atoms with Crippen molar-refractivity contribution < 1.29 is 14.3 Å². The highest BCUT2D eigenvalue weighted by atomic mass is 16.5. The summed E-state index contributed by atoms with van der Waals surface area (Å²) in [7, 11) is 0. The van der Waals surface area contributed by atoms with E-state index in [0.29, 0.717) is 13.2 Å². The zero-order valence-electron chi connectivity index (χ0n) is 4.82. The van der Waals surface area contributed by atoms with Crippen molar-refractivity contribution in [2.24, 2.45) is 0 Å². The van der Waals surface area contributed by atoms with E-state index in [0.717, 1.165) is 0 Å². The van der Waals surface area contributed by atoms with Gasteiger partial charge in [-0.25, -0.2) is 0 Å². The number of hydrogen-bond acceptors (Lipinski definition) is 4. The molecule has 1 heterocycles. The summed E-state index contributed by atoms with van der Waals surface area (Å²) in [6.07, 6.45) is 3.26. The van der Waals surface area contributed by atoms with Crippen LogP contribution in [0.4, 0.5) is 0 Å². The molecule has 0 atom stereocenters. The smallest absolute Gasteiger partial charge is 0.294 e.